The Bertz CT molecular complexity index is 740. The summed E-state index contributed by atoms with van der Waals surface area (Å²) in [5.74, 6) is 0.342. The minimum Gasteiger partial charge on any atom is -0.459 e. The Balaban J connectivity index is 1.79. The first-order chi connectivity index (χ1) is 9.74. The molecule has 2 N–H and O–H groups in total. The third-order valence-electron chi connectivity index (χ3n) is 2.67. The van der Waals surface area contributed by atoms with Crippen molar-refractivity contribution in [1.82, 2.24) is 20.4 Å². The molecule has 7 heteroatoms. The summed E-state index contributed by atoms with van der Waals surface area (Å²) in [6, 6.07) is 6.88. The standard InChI is InChI=1S/C13H11N5O2/c1-8(17-18-13(19)10-5-3-7-20-10)11-15-9-4-2-6-14-12(9)16-11/h2-7H,1H3,(H,18,19)(H,14,15,16)/b17-8+. The van der Waals surface area contributed by atoms with E-state index in [0.717, 1.165) is 5.52 Å². The van der Waals surface area contributed by atoms with Crippen LogP contribution in [0.1, 0.15) is 23.3 Å². The largest absolute Gasteiger partial charge is 0.459 e. The average molecular weight is 269 g/mol. The first-order valence-corrected chi connectivity index (χ1v) is 5.93. The number of hydrogen-bond donors (Lipinski definition) is 2. The third-order valence-corrected chi connectivity index (χ3v) is 2.67. The van der Waals surface area contributed by atoms with Gasteiger partial charge < -0.3 is 9.40 Å². The molecule has 0 saturated heterocycles. The molecule has 0 atom stereocenters. The van der Waals surface area contributed by atoms with Gasteiger partial charge in [-0.3, -0.25) is 4.79 Å². The van der Waals surface area contributed by atoms with Gasteiger partial charge in [-0.2, -0.15) is 5.10 Å². The normalized spacial score (nSPS) is 11.8. The quantitative estimate of drug-likeness (QED) is 0.558. The molecule has 3 aromatic heterocycles. The van der Waals surface area contributed by atoms with E-state index in [-0.39, 0.29) is 5.76 Å². The van der Waals surface area contributed by atoms with Crippen LogP contribution >= 0.6 is 0 Å². The molecule has 0 fully saturated rings. The highest BCUT2D eigenvalue weighted by molar-refractivity contribution is 5.99. The van der Waals surface area contributed by atoms with Crippen molar-refractivity contribution in [3.63, 3.8) is 0 Å². The number of hydrazone groups is 1. The molecule has 20 heavy (non-hydrogen) atoms. The molecule has 0 aliphatic heterocycles. The van der Waals surface area contributed by atoms with Crippen LogP contribution in [0.2, 0.25) is 0 Å². The Labute approximate surface area is 113 Å². The zero-order valence-electron chi connectivity index (χ0n) is 10.6. The summed E-state index contributed by atoms with van der Waals surface area (Å²) in [5, 5.41) is 3.98. The maximum atomic E-state index is 11.7. The molecule has 1 amide bonds. The molecule has 0 aliphatic carbocycles. The molecule has 0 aromatic carbocycles. The molecule has 3 aromatic rings. The highest BCUT2D eigenvalue weighted by atomic mass is 16.3. The molecular weight excluding hydrogens is 258 g/mol. The molecule has 0 aliphatic rings. The zero-order chi connectivity index (χ0) is 13.9. The zero-order valence-corrected chi connectivity index (χ0v) is 10.6. The number of carbonyl (C=O) groups excluding carboxylic acids is 1. The van der Waals surface area contributed by atoms with E-state index in [1.54, 1.807) is 25.3 Å². The van der Waals surface area contributed by atoms with E-state index in [4.69, 9.17) is 4.42 Å². The van der Waals surface area contributed by atoms with Crippen LogP contribution < -0.4 is 5.43 Å². The van der Waals surface area contributed by atoms with Gasteiger partial charge in [0.15, 0.2) is 17.2 Å². The summed E-state index contributed by atoms with van der Waals surface area (Å²) in [4.78, 5) is 23.1. The van der Waals surface area contributed by atoms with Crippen LogP contribution in [0.25, 0.3) is 11.2 Å². The molecule has 0 saturated carbocycles. The number of imidazole rings is 1. The molecule has 0 bridgehead atoms. The van der Waals surface area contributed by atoms with Crippen molar-refractivity contribution in [1.29, 1.82) is 0 Å². The van der Waals surface area contributed by atoms with Gasteiger partial charge in [0.05, 0.1) is 11.8 Å². The maximum absolute atomic E-state index is 11.7. The van der Waals surface area contributed by atoms with E-state index < -0.39 is 5.91 Å². The van der Waals surface area contributed by atoms with Gasteiger partial charge in [0.1, 0.15) is 5.71 Å². The van der Waals surface area contributed by atoms with Crippen molar-refractivity contribution in [2.75, 3.05) is 0 Å². The number of furan rings is 1. The van der Waals surface area contributed by atoms with E-state index in [1.165, 1.54) is 6.26 Å². The fourth-order valence-corrected chi connectivity index (χ4v) is 1.67. The lowest BCUT2D eigenvalue weighted by molar-refractivity contribution is 0.0927. The predicted octanol–water partition coefficient (Wildman–Crippen LogP) is 1.70. The van der Waals surface area contributed by atoms with Gasteiger partial charge in [-0.25, -0.2) is 15.4 Å². The second-order valence-corrected chi connectivity index (χ2v) is 4.08. The van der Waals surface area contributed by atoms with Crippen LogP contribution in [0.4, 0.5) is 0 Å². The van der Waals surface area contributed by atoms with Gasteiger partial charge in [-0.1, -0.05) is 0 Å². The van der Waals surface area contributed by atoms with Gasteiger partial charge in [0.2, 0.25) is 0 Å². The molecule has 0 unspecified atom stereocenters. The van der Waals surface area contributed by atoms with Crippen LogP contribution in [-0.2, 0) is 0 Å². The summed E-state index contributed by atoms with van der Waals surface area (Å²) in [7, 11) is 0. The maximum Gasteiger partial charge on any atom is 0.307 e. The average Bonchev–Trinajstić information content (AvgIpc) is 3.12. The van der Waals surface area contributed by atoms with Gasteiger partial charge >= 0.3 is 5.91 Å². The van der Waals surface area contributed by atoms with Crippen LogP contribution in [0.5, 0.6) is 0 Å². The number of pyridine rings is 1. The number of nitrogens with one attached hydrogen (secondary N) is 2. The van der Waals surface area contributed by atoms with Crippen molar-refractivity contribution in [3.8, 4) is 0 Å². The Morgan fingerprint density at radius 1 is 1.40 bits per heavy atom. The smallest absolute Gasteiger partial charge is 0.307 e. The van der Waals surface area contributed by atoms with Gasteiger partial charge in [0.25, 0.3) is 0 Å². The van der Waals surface area contributed by atoms with E-state index in [9.17, 15) is 4.79 Å². The van der Waals surface area contributed by atoms with Crippen LogP contribution in [0.3, 0.4) is 0 Å². The number of carbonyl (C=O) groups is 1. The highest BCUT2D eigenvalue weighted by Crippen LogP contribution is 2.08. The summed E-state index contributed by atoms with van der Waals surface area (Å²) >= 11 is 0. The molecule has 0 radical (unpaired) electrons. The highest BCUT2D eigenvalue weighted by Gasteiger charge is 2.09. The number of nitrogens with zero attached hydrogens (tertiary/aromatic N) is 3. The lowest BCUT2D eigenvalue weighted by atomic mass is 10.4. The van der Waals surface area contributed by atoms with Crippen LogP contribution in [0.15, 0.2) is 46.2 Å². The Morgan fingerprint density at radius 2 is 2.30 bits per heavy atom. The van der Waals surface area contributed by atoms with Gasteiger partial charge in [-0.15, -0.1) is 0 Å². The molecule has 7 nitrogen and oxygen atoms in total. The SMILES string of the molecule is C/C(=N\NC(=O)c1ccco1)c1nc2ncccc2[nH]1. The van der Waals surface area contributed by atoms with Crippen molar-refractivity contribution in [2.45, 2.75) is 6.92 Å². The second-order valence-electron chi connectivity index (χ2n) is 4.08. The van der Waals surface area contributed by atoms with Crippen LogP contribution in [-0.4, -0.2) is 26.6 Å². The number of amides is 1. The fourth-order valence-electron chi connectivity index (χ4n) is 1.67. The molecule has 3 rings (SSSR count). The Hall–Kier alpha value is -2.96. The van der Waals surface area contributed by atoms with E-state index in [0.29, 0.717) is 17.2 Å². The van der Waals surface area contributed by atoms with E-state index >= 15 is 0 Å². The number of fused-ring (bicyclic) bond motifs is 1. The Kier molecular flexibility index (Phi) is 3.00. The minimum atomic E-state index is -0.413. The van der Waals surface area contributed by atoms with Crippen molar-refractivity contribution < 1.29 is 9.21 Å². The first-order valence-electron chi connectivity index (χ1n) is 5.93. The van der Waals surface area contributed by atoms with Gasteiger partial charge in [0, 0.05) is 6.20 Å². The van der Waals surface area contributed by atoms with Gasteiger partial charge in [-0.05, 0) is 31.2 Å². The van der Waals surface area contributed by atoms with E-state index in [2.05, 4.69) is 25.5 Å². The fraction of sp³-hybridized carbons (Fsp3) is 0.0769. The number of hydrogen-bond acceptors (Lipinski definition) is 5. The molecule has 0 spiro atoms. The minimum absolute atomic E-state index is 0.202. The summed E-state index contributed by atoms with van der Waals surface area (Å²) in [5.41, 5.74) is 4.37. The van der Waals surface area contributed by atoms with Crippen LogP contribution in [0, 0.1) is 0 Å². The number of aromatic nitrogens is 3. The number of aromatic amines is 1. The second kappa shape index (κ2) is 4.96. The summed E-state index contributed by atoms with van der Waals surface area (Å²) in [6.07, 6.45) is 3.09. The van der Waals surface area contributed by atoms with Crippen molar-refractivity contribution >= 4 is 22.8 Å². The predicted molar refractivity (Wildman–Crippen MR) is 72.3 cm³/mol. The monoisotopic (exact) mass is 269 g/mol. The first kappa shape index (κ1) is 12.1. The molecule has 100 valence electrons. The number of H-pyrrole nitrogens is 1. The number of rotatable bonds is 3. The van der Waals surface area contributed by atoms with E-state index in [1.807, 2.05) is 12.1 Å². The summed E-state index contributed by atoms with van der Waals surface area (Å²) < 4.78 is 4.97. The Morgan fingerprint density at radius 3 is 3.05 bits per heavy atom. The molecular formula is C13H11N5O2. The van der Waals surface area contributed by atoms with Crippen molar-refractivity contribution in [2.24, 2.45) is 5.10 Å². The topological polar surface area (TPSA) is 96.2 Å². The van der Waals surface area contributed by atoms with Crippen molar-refractivity contribution in [3.05, 3.63) is 48.3 Å². The lowest BCUT2D eigenvalue weighted by Crippen LogP contribution is -2.19. The molecule has 3 heterocycles. The third kappa shape index (κ3) is 2.28. The summed E-state index contributed by atoms with van der Waals surface area (Å²) in [6.45, 7) is 1.74. The lowest BCUT2D eigenvalue weighted by Gasteiger charge is -1.97.